The van der Waals surface area contributed by atoms with E-state index in [2.05, 4.69) is 40.5 Å². The van der Waals surface area contributed by atoms with Gasteiger partial charge in [0.1, 0.15) is 5.75 Å². The first-order valence-electron chi connectivity index (χ1n) is 9.46. The summed E-state index contributed by atoms with van der Waals surface area (Å²) in [5, 5.41) is 2.95. The quantitative estimate of drug-likeness (QED) is 0.851. The average Bonchev–Trinajstić information content (AvgIpc) is 2.69. The summed E-state index contributed by atoms with van der Waals surface area (Å²) in [5.41, 5.74) is 4.48. The molecular formula is C22H28N2O3. The van der Waals surface area contributed by atoms with E-state index in [1.807, 2.05) is 26.0 Å². The highest BCUT2D eigenvalue weighted by Crippen LogP contribution is 2.20. The van der Waals surface area contributed by atoms with Gasteiger partial charge in [-0.25, -0.2) is 0 Å². The van der Waals surface area contributed by atoms with Crippen LogP contribution in [0.5, 0.6) is 5.75 Å². The monoisotopic (exact) mass is 368 g/mol. The molecule has 1 aliphatic heterocycles. The number of benzene rings is 2. The number of amides is 1. The topological polar surface area (TPSA) is 50.8 Å². The highest BCUT2D eigenvalue weighted by atomic mass is 16.5. The second kappa shape index (κ2) is 8.91. The first-order valence-corrected chi connectivity index (χ1v) is 9.46. The van der Waals surface area contributed by atoms with Crippen molar-refractivity contribution in [2.45, 2.75) is 33.4 Å². The van der Waals surface area contributed by atoms with E-state index in [1.165, 1.54) is 11.3 Å². The Bertz CT molecular complexity index is 768. The molecule has 0 spiro atoms. The van der Waals surface area contributed by atoms with Crippen molar-refractivity contribution in [1.82, 2.24) is 5.32 Å². The van der Waals surface area contributed by atoms with Gasteiger partial charge in [0, 0.05) is 25.3 Å². The molecule has 1 fully saturated rings. The number of nitrogens with zero attached hydrogens (tertiary/aromatic N) is 1. The number of carbonyl (C=O) groups is 1. The number of morpholine rings is 1. The molecule has 0 bridgehead atoms. The highest BCUT2D eigenvalue weighted by Gasteiger charge is 2.16. The average molecular weight is 368 g/mol. The molecule has 5 heteroatoms. The molecule has 1 saturated heterocycles. The molecule has 0 saturated carbocycles. The van der Waals surface area contributed by atoms with E-state index in [-0.39, 0.29) is 5.91 Å². The molecule has 0 unspecified atom stereocenters. The Kier molecular flexibility index (Phi) is 6.35. The molecule has 27 heavy (non-hydrogen) atoms. The second-order valence-electron chi connectivity index (χ2n) is 7.01. The summed E-state index contributed by atoms with van der Waals surface area (Å²) in [7, 11) is 0. The summed E-state index contributed by atoms with van der Waals surface area (Å²) in [6, 6.07) is 14.3. The van der Waals surface area contributed by atoms with Crippen LogP contribution in [-0.4, -0.2) is 38.3 Å². The molecule has 2 aromatic rings. The van der Waals surface area contributed by atoms with Gasteiger partial charge in [0.25, 0.3) is 5.91 Å². The van der Waals surface area contributed by atoms with Gasteiger partial charge in [-0.15, -0.1) is 0 Å². The normalized spacial score (nSPS) is 15.3. The minimum Gasteiger partial charge on any atom is -0.481 e. The molecule has 1 amide bonds. The standard InChI is InChI=1S/C22H28N2O3/c1-16-4-9-21(17(2)14-16)27-18(3)22(25)23-15-19-5-7-20(8-6-19)24-10-12-26-13-11-24/h4-9,14,18H,10-13,15H2,1-3H3,(H,23,25)/t18-/m1/s1. The van der Waals surface area contributed by atoms with Crippen LogP contribution >= 0.6 is 0 Å². The van der Waals surface area contributed by atoms with Crippen molar-refractivity contribution in [3.05, 3.63) is 59.2 Å². The lowest BCUT2D eigenvalue weighted by atomic mass is 10.1. The maximum atomic E-state index is 12.4. The van der Waals surface area contributed by atoms with Crippen molar-refractivity contribution in [1.29, 1.82) is 0 Å². The summed E-state index contributed by atoms with van der Waals surface area (Å²) in [5.74, 6) is 0.630. The maximum absolute atomic E-state index is 12.4. The van der Waals surface area contributed by atoms with E-state index >= 15 is 0 Å². The van der Waals surface area contributed by atoms with Crippen LogP contribution in [0.15, 0.2) is 42.5 Å². The first kappa shape index (κ1) is 19.2. The Morgan fingerprint density at radius 2 is 1.85 bits per heavy atom. The van der Waals surface area contributed by atoms with E-state index in [4.69, 9.17) is 9.47 Å². The molecule has 0 aliphatic carbocycles. The van der Waals surface area contributed by atoms with Crippen molar-refractivity contribution in [3.63, 3.8) is 0 Å². The van der Waals surface area contributed by atoms with Crippen LogP contribution in [0.2, 0.25) is 0 Å². The van der Waals surface area contributed by atoms with Gasteiger partial charge in [-0.3, -0.25) is 4.79 Å². The van der Waals surface area contributed by atoms with Crippen LogP contribution in [0.3, 0.4) is 0 Å². The molecule has 3 rings (SSSR count). The van der Waals surface area contributed by atoms with Gasteiger partial charge in [-0.2, -0.15) is 0 Å². The molecule has 1 N–H and O–H groups in total. The first-order chi connectivity index (χ1) is 13.0. The van der Waals surface area contributed by atoms with Gasteiger partial charge < -0.3 is 19.7 Å². The smallest absolute Gasteiger partial charge is 0.261 e. The third-order valence-electron chi connectivity index (χ3n) is 4.78. The second-order valence-corrected chi connectivity index (χ2v) is 7.01. The van der Waals surface area contributed by atoms with Gasteiger partial charge in [0.05, 0.1) is 13.2 Å². The van der Waals surface area contributed by atoms with Crippen molar-refractivity contribution in [2.75, 3.05) is 31.2 Å². The summed E-state index contributed by atoms with van der Waals surface area (Å²) in [6.07, 6.45) is -0.543. The van der Waals surface area contributed by atoms with Crippen LogP contribution in [0.25, 0.3) is 0 Å². The number of hydrogen-bond donors (Lipinski definition) is 1. The van der Waals surface area contributed by atoms with Crippen molar-refractivity contribution in [2.24, 2.45) is 0 Å². The van der Waals surface area contributed by atoms with Crippen LogP contribution in [0, 0.1) is 13.8 Å². The van der Waals surface area contributed by atoms with E-state index < -0.39 is 6.10 Å². The van der Waals surface area contributed by atoms with Crippen molar-refractivity contribution < 1.29 is 14.3 Å². The number of nitrogens with one attached hydrogen (secondary N) is 1. The Labute approximate surface area is 161 Å². The third-order valence-corrected chi connectivity index (χ3v) is 4.78. The zero-order chi connectivity index (χ0) is 19.2. The predicted octanol–water partition coefficient (Wildman–Crippen LogP) is 3.22. The number of aryl methyl sites for hydroxylation is 2. The Morgan fingerprint density at radius 1 is 1.15 bits per heavy atom. The predicted molar refractivity (Wildman–Crippen MR) is 107 cm³/mol. The minimum atomic E-state index is -0.543. The lowest BCUT2D eigenvalue weighted by molar-refractivity contribution is -0.127. The number of carbonyl (C=O) groups excluding carboxylic acids is 1. The van der Waals surface area contributed by atoms with Crippen LogP contribution in [-0.2, 0) is 16.1 Å². The van der Waals surface area contributed by atoms with Crippen molar-refractivity contribution >= 4 is 11.6 Å². The van der Waals surface area contributed by atoms with E-state index in [9.17, 15) is 4.79 Å². The van der Waals surface area contributed by atoms with Crippen molar-refractivity contribution in [3.8, 4) is 5.75 Å². The lowest BCUT2D eigenvalue weighted by Crippen LogP contribution is -2.36. The molecule has 1 aliphatic rings. The molecule has 2 aromatic carbocycles. The fourth-order valence-corrected chi connectivity index (χ4v) is 3.15. The summed E-state index contributed by atoms with van der Waals surface area (Å²) < 4.78 is 11.2. The Morgan fingerprint density at radius 3 is 2.52 bits per heavy atom. The van der Waals surface area contributed by atoms with Gasteiger partial charge in [-0.05, 0) is 50.1 Å². The van der Waals surface area contributed by atoms with Crippen LogP contribution in [0.4, 0.5) is 5.69 Å². The van der Waals surface area contributed by atoms with Crippen LogP contribution < -0.4 is 15.0 Å². The van der Waals surface area contributed by atoms with E-state index in [0.717, 1.165) is 43.2 Å². The molecular weight excluding hydrogens is 340 g/mol. The molecule has 1 heterocycles. The number of ether oxygens (including phenoxy) is 2. The minimum absolute atomic E-state index is 0.118. The molecule has 0 radical (unpaired) electrons. The van der Waals surface area contributed by atoms with Gasteiger partial charge in [0.2, 0.25) is 0 Å². The van der Waals surface area contributed by atoms with Gasteiger partial charge >= 0.3 is 0 Å². The van der Waals surface area contributed by atoms with E-state index in [1.54, 1.807) is 6.92 Å². The fraction of sp³-hybridized carbons (Fsp3) is 0.409. The number of hydrogen-bond acceptors (Lipinski definition) is 4. The fourth-order valence-electron chi connectivity index (χ4n) is 3.15. The van der Waals surface area contributed by atoms with Gasteiger partial charge in [0.15, 0.2) is 6.10 Å². The van der Waals surface area contributed by atoms with E-state index in [0.29, 0.717) is 6.54 Å². The molecule has 1 atom stereocenters. The summed E-state index contributed by atoms with van der Waals surface area (Å²) >= 11 is 0. The molecule has 144 valence electrons. The zero-order valence-corrected chi connectivity index (χ0v) is 16.3. The zero-order valence-electron chi connectivity index (χ0n) is 16.3. The number of rotatable bonds is 6. The van der Waals surface area contributed by atoms with Crippen LogP contribution in [0.1, 0.15) is 23.6 Å². The summed E-state index contributed by atoms with van der Waals surface area (Å²) in [6.45, 7) is 9.68. The Balaban J connectivity index is 1.50. The SMILES string of the molecule is Cc1ccc(O[C@H](C)C(=O)NCc2ccc(N3CCOCC3)cc2)c(C)c1. The van der Waals surface area contributed by atoms with Gasteiger partial charge in [-0.1, -0.05) is 29.8 Å². The maximum Gasteiger partial charge on any atom is 0.261 e. The molecule has 0 aromatic heterocycles. The Hall–Kier alpha value is -2.53. The number of anilines is 1. The largest absolute Gasteiger partial charge is 0.481 e. The highest BCUT2D eigenvalue weighted by molar-refractivity contribution is 5.80. The third kappa shape index (κ3) is 5.23. The summed E-state index contributed by atoms with van der Waals surface area (Å²) in [4.78, 5) is 14.7. The molecule has 5 nitrogen and oxygen atoms in total. The lowest BCUT2D eigenvalue weighted by Gasteiger charge is -2.28.